The summed E-state index contributed by atoms with van der Waals surface area (Å²) < 4.78 is 16.0. The van der Waals surface area contributed by atoms with Crippen molar-refractivity contribution in [3.05, 3.63) is 23.8 Å². The van der Waals surface area contributed by atoms with Crippen LogP contribution in [-0.4, -0.2) is 34.0 Å². The number of benzene rings is 1. The van der Waals surface area contributed by atoms with Crippen LogP contribution in [0.25, 0.3) is 0 Å². The smallest absolute Gasteiger partial charge is 0.123 e. The van der Waals surface area contributed by atoms with Gasteiger partial charge in [-0.1, -0.05) is 0 Å². The molecule has 1 aliphatic heterocycles. The number of hydrogen-bond donors (Lipinski definition) is 1. The topological polar surface area (TPSA) is 39.7 Å². The molecule has 0 aliphatic carbocycles. The number of halogens is 1. The zero-order valence-electron chi connectivity index (χ0n) is 10.1. The molecule has 1 aliphatic rings. The average molecular weight is 260 g/mol. The summed E-state index contributed by atoms with van der Waals surface area (Å²) in [6.45, 7) is 2.30. The van der Waals surface area contributed by atoms with Gasteiger partial charge >= 0.3 is 0 Å². The third-order valence-corrected chi connectivity index (χ3v) is 2.73. The quantitative estimate of drug-likeness (QED) is 0.898. The van der Waals surface area contributed by atoms with Crippen LogP contribution < -0.4 is 14.8 Å². The molecule has 1 atom stereocenters. The molecular weight excluding hydrogens is 242 g/mol. The molecule has 0 saturated carbocycles. The minimum absolute atomic E-state index is 0. The van der Waals surface area contributed by atoms with E-state index in [1.54, 1.807) is 14.2 Å². The van der Waals surface area contributed by atoms with Crippen LogP contribution in [0.15, 0.2) is 18.2 Å². The number of ether oxygens (including phenoxy) is 3. The molecule has 5 heteroatoms. The van der Waals surface area contributed by atoms with Gasteiger partial charge in [-0.3, -0.25) is 0 Å². The number of rotatable bonds is 3. The largest absolute Gasteiger partial charge is 0.497 e. The Kier molecular flexibility index (Phi) is 5.55. The first-order valence-electron chi connectivity index (χ1n) is 5.38. The minimum Gasteiger partial charge on any atom is -0.497 e. The van der Waals surface area contributed by atoms with Crippen molar-refractivity contribution in [3.63, 3.8) is 0 Å². The van der Waals surface area contributed by atoms with E-state index in [9.17, 15) is 0 Å². The van der Waals surface area contributed by atoms with Crippen molar-refractivity contribution in [2.45, 2.75) is 6.04 Å². The monoisotopic (exact) mass is 259 g/mol. The van der Waals surface area contributed by atoms with Crippen molar-refractivity contribution in [1.29, 1.82) is 0 Å². The normalized spacial score (nSPS) is 19.3. The fourth-order valence-electron chi connectivity index (χ4n) is 1.88. The summed E-state index contributed by atoms with van der Waals surface area (Å²) >= 11 is 0. The lowest BCUT2D eigenvalue weighted by molar-refractivity contribution is 0.0760. The van der Waals surface area contributed by atoms with E-state index in [4.69, 9.17) is 14.2 Å². The SMILES string of the molecule is COc1ccc(OC)c([C@H]2COCCN2)c1.Cl. The number of nitrogens with one attached hydrogen (secondary N) is 1. The molecule has 1 fully saturated rings. The highest BCUT2D eigenvalue weighted by Crippen LogP contribution is 2.30. The van der Waals surface area contributed by atoms with Gasteiger partial charge in [0.15, 0.2) is 0 Å². The van der Waals surface area contributed by atoms with Crippen LogP contribution in [0.4, 0.5) is 0 Å². The summed E-state index contributed by atoms with van der Waals surface area (Å²) in [5.41, 5.74) is 1.08. The Hall–Kier alpha value is -0.970. The molecule has 0 radical (unpaired) electrons. The standard InChI is InChI=1S/C12H17NO3.ClH/c1-14-9-3-4-12(15-2)10(7-9)11-8-16-6-5-13-11;/h3-4,7,11,13H,5-6,8H2,1-2H3;1H/t11-;/m1./s1. The average Bonchev–Trinajstić information content (AvgIpc) is 2.39. The van der Waals surface area contributed by atoms with Gasteiger partial charge in [-0.25, -0.2) is 0 Å². The number of morpholine rings is 1. The van der Waals surface area contributed by atoms with Gasteiger partial charge in [0.1, 0.15) is 11.5 Å². The minimum atomic E-state index is 0. The van der Waals surface area contributed by atoms with Gasteiger partial charge in [0.25, 0.3) is 0 Å². The molecule has 96 valence electrons. The van der Waals surface area contributed by atoms with Crippen molar-refractivity contribution in [1.82, 2.24) is 5.32 Å². The van der Waals surface area contributed by atoms with Crippen LogP contribution in [0.2, 0.25) is 0 Å². The number of hydrogen-bond acceptors (Lipinski definition) is 4. The molecule has 1 aromatic carbocycles. The Balaban J connectivity index is 0.00000144. The molecule has 0 bridgehead atoms. The lowest BCUT2D eigenvalue weighted by Gasteiger charge is -2.25. The summed E-state index contributed by atoms with van der Waals surface area (Å²) in [7, 11) is 3.34. The molecule has 1 saturated heterocycles. The maximum Gasteiger partial charge on any atom is 0.123 e. The van der Waals surface area contributed by atoms with E-state index < -0.39 is 0 Å². The van der Waals surface area contributed by atoms with Gasteiger partial charge in [0.2, 0.25) is 0 Å². The van der Waals surface area contributed by atoms with E-state index >= 15 is 0 Å². The second kappa shape index (κ2) is 6.69. The maximum absolute atomic E-state index is 5.45. The molecule has 1 aromatic rings. The van der Waals surface area contributed by atoms with Crippen LogP contribution in [0.5, 0.6) is 11.5 Å². The summed E-state index contributed by atoms with van der Waals surface area (Å²) in [4.78, 5) is 0. The Morgan fingerprint density at radius 3 is 2.71 bits per heavy atom. The Labute approximate surface area is 108 Å². The Morgan fingerprint density at radius 1 is 1.29 bits per heavy atom. The van der Waals surface area contributed by atoms with Crippen LogP contribution in [0, 0.1) is 0 Å². The molecule has 1 N–H and O–H groups in total. The second-order valence-electron chi connectivity index (χ2n) is 3.69. The highest BCUT2D eigenvalue weighted by molar-refractivity contribution is 5.85. The second-order valence-corrected chi connectivity index (χ2v) is 3.69. The fourth-order valence-corrected chi connectivity index (χ4v) is 1.88. The lowest BCUT2D eigenvalue weighted by Crippen LogP contribution is -2.34. The summed E-state index contributed by atoms with van der Waals surface area (Å²) in [6.07, 6.45) is 0. The van der Waals surface area contributed by atoms with E-state index in [1.807, 2.05) is 18.2 Å². The molecule has 2 rings (SSSR count). The third kappa shape index (κ3) is 3.25. The third-order valence-electron chi connectivity index (χ3n) is 2.73. The van der Waals surface area contributed by atoms with Gasteiger partial charge in [-0.15, -0.1) is 12.4 Å². The summed E-state index contributed by atoms with van der Waals surface area (Å²) in [5.74, 6) is 1.70. The highest BCUT2D eigenvalue weighted by Gasteiger charge is 2.19. The summed E-state index contributed by atoms with van der Waals surface area (Å²) in [6, 6.07) is 5.99. The van der Waals surface area contributed by atoms with E-state index in [0.717, 1.165) is 30.2 Å². The highest BCUT2D eigenvalue weighted by atomic mass is 35.5. The zero-order chi connectivity index (χ0) is 11.4. The van der Waals surface area contributed by atoms with Crippen molar-refractivity contribution in [3.8, 4) is 11.5 Å². The van der Waals surface area contributed by atoms with Crippen molar-refractivity contribution in [2.75, 3.05) is 34.0 Å². The molecule has 0 aromatic heterocycles. The zero-order valence-corrected chi connectivity index (χ0v) is 10.9. The van der Waals surface area contributed by atoms with E-state index in [0.29, 0.717) is 6.61 Å². The molecule has 4 nitrogen and oxygen atoms in total. The van der Waals surface area contributed by atoms with Crippen LogP contribution in [0.1, 0.15) is 11.6 Å². The van der Waals surface area contributed by atoms with Gasteiger partial charge < -0.3 is 19.5 Å². The predicted octanol–water partition coefficient (Wildman–Crippen LogP) is 1.79. The predicted molar refractivity (Wildman–Crippen MR) is 68.4 cm³/mol. The molecule has 1 heterocycles. The Bertz CT molecular complexity index is 354. The van der Waals surface area contributed by atoms with Gasteiger partial charge in [0, 0.05) is 12.1 Å². The van der Waals surface area contributed by atoms with Gasteiger partial charge in [0.05, 0.1) is 33.5 Å². The van der Waals surface area contributed by atoms with Crippen LogP contribution >= 0.6 is 12.4 Å². The first-order chi connectivity index (χ1) is 7.85. The molecule has 0 unspecified atom stereocenters. The molecular formula is C12H18ClNO3. The first kappa shape index (κ1) is 14.1. The number of methoxy groups -OCH3 is 2. The van der Waals surface area contributed by atoms with Crippen LogP contribution in [-0.2, 0) is 4.74 Å². The summed E-state index contributed by atoms with van der Waals surface area (Å²) in [5, 5.41) is 3.40. The molecule has 0 amide bonds. The van der Waals surface area contributed by atoms with Crippen LogP contribution in [0.3, 0.4) is 0 Å². The maximum atomic E-state index is 5.45. The Morgan fingerprint density at radius 2 is 2.12 bits per heavy atom. The van der Waals surface area contributed by atoms with Crippen molar-refractivity contribution >= 4 is 12.4 Å². The van der Waals surface area contributed by atoms with Crippen molar-refractivity contribution in [2.24, 2.45) is 0 Å². The van der Waals surface area contributed by atoms with E-state index in [2.05, 4.69) is 5.32 Å². The van der Waals surface area contributed by atoms with Gasteiger partial charge in [-0.05, 0) is 18.2 Å². The van der Waals surface area contributed by atoms with E-state index in [1.165, 1.54) is 0 Å². The van der Waals surface area contributed by atoms with Crippen molar-refractivity contribution < 1.29 is 14.2 Å². The fraction of sp³-hybridized carbons (Fsp3) is 0.500. The first-order valence-corrected chi connectivity index (χ1v) is 5.38. The lowest BCUT2D eigenvalue weighted by atomic mass is 10.1. The molecule has 17 heavy (non-hydrogen) atoms. The molecule has 0 spiro atoms. The van der Waals surface area contributed by atoms with Gasteiger partial charge in [-0.2, -0.15) is 0 Å². The van der Waals surface area contributed by atoms with E-state index in [-0.39, 0.29) is 18.4 Å².